The van der Waals surface area contributed by atoms with Gasteiger partial charge in [-0.3, -0.25) is 9.67 Å². The summed E-state index contributed by atoms with van der Waals surface area (Å²) in [4.78, 5) is 4.45. The predicted molar refractivity (Wildman–Crippen MR) is 61.9 cm³/mol. The molecule has 1 unspecified atom stereocenters. The minimum Gasteiger partial charge on any atom is -0.363 e. The van der Waals surface area contributed by atoms with Gasteiger partial charge in [0.2, 0.25) is 0 Å². The van der Waals surface area contributed by atoms with E-state index in [1.165, 1.54) is 0 Å². The Kier molecular flexibility index (Phi) is 3.60. The van der Waals surface area contributed by atoms with Gasteiger partial charge in [-0.05, 0) is 5.92 Å². The summed E-state index contributed by atoms with van der Waals surface area (Å²) in [6, 6.07) is 0. The molecule has 0 saturated carbocycles. The fourth-order valence-corrected chi connectivity index (χ4v) is 2.21. The lowest BCUT2D eigenvalue weighted by molar-refractivity contribution is 0.579. The Morgan fingerprint density at radius 1 is 1.67 bits per heavy atom. The molecule has 1 aromatic rings. The summed E-state index contributed by atoms with van der Waals surface area (Å²) in [7, 11) is 0. The average molecular weight is 225 g/mol. The van der Waals surface area contributed by atoms with Crippen molar-refractivity contribution >= 4 is 16.9 Å². The molecule has 0 amide bonds. The first-order valence-corrected chi connectivity index (χ1v) is 6.08. The van der Waals surface area contributed by atoms with Gasteiger partial charge in [0, 0.05) is 25.0 Å². The van der Waals surface area contributed by atoms with E-state index in [0.717, 1.165) is 30.6 Å². The Bertz CT molecular complexity index is 321. The molecule has 0 spiro atoms. The van der Waals surface area contributed by atoms with E-state index in [0.29, 0.717) is 5.92 Å². The first-order valence-electron chi connectivity index (χ1n) is 5.10. The third kappa shape index (κ3) is 3.23. The van der Waals surface area contributed by atoms with Gasteiger partial charge in [-0.15, -0.1) is 5.10 Å². The van der Waals surface area contributed by atoms with E-state index in [9.17, 15) is 0 Å². The fraction of sp³-hybridized carbons (Fsp3) is 0.667. The predicted octanol–water partition coefficient (Wildman–Crippen LogP) is 0.607. The second kappa shape index (κ2) is 5.16. The molecule has 1 aliphatic rings. The second-order valence-corrected chi connectivity index (χ2v) is 4.66. The third-order valence-corrected chi connectivity index (χ3v) is 3.42. The third-order valence-electron chi connectivity index (χ3n) is 2.14. The van der Waals surface area contributed by atoms with Crippen LogP contribution in [0.3, 0.4) is 0 Å². The van der Waals surface area contributed by atoms with E-state index in [1.54, 1.807) is 18.0 Å². The van der Waals surface area contributed by atoms with Crippen molar-refractivity contribution in [1.29, 1.82) is 0 Å². The molecule has 0 saturated heterocycles. The van der Waals surface area contributed by atoms with Gasteiger partial charge in [0.15, 0.2) is 5.17 Å². The van der Waals surface area contributed by atoms with E-state index in [4.69, 9.17) is 0 Å². The van der Waals surface area contributed by atoms with Crippen LogP contribution in [0.1, 0.15) is 6.92 Å². The van der Waals surface area contributed by atoms with E-state index in [2.05, 4.69) is 27.5 Å². The summed E-state index contributed by atoms with van der Waals surface area (Å²) in [5, 5.41) is 12.0. The van der Waals surface area contributed by atoms with E-state index in [-0.39, 0.29) is 0 Å². The van der Waals surface area contributed by atoms with Gasteiger partial charge >= 0.3 is 0 Å². The van der Waals surface area contributed by atoms with Crippen LogP contribution in [0.25, 0.3) is 0 Å². The van der Waals surface area contributed by atoms with Crippen LogP contribution >= 0.6 is 11.8 Å². The number of hydrogen-bond donors (Lipinski definition) is 1. The van der Waals surface area contributed by atoms with Crippen LogP contribution in [0.2, 0.25) is 0 Å². The van der Waals surface area contributed by atoms with Crippen molar-refractivity contribution < 1.29 is 0 Å². The van der Waals surface area contributed by atoms with Crippen LogP contribution < -0.4 is 5.32 Å². The number of aliphatic imine (C=N–C) groups is 1. The Labute approximate surface area is 93.3 Å². The second-order valence-electron chi connectivity index (χ2n) is 3.65. The summed E-state index contributed by atoms with van der Waals surface area (Å²) < 4.78 is 1.81. The quantitative estimate of drug-likeness (QED) is 0.818. The maximum Gasteiger partial charge on any atom is 0.156 e. The summed E-state index contributed by atoms with van der Waals surface area (Å²) in [5.74, 6) is 1.87. The highest BCUT2D eigenvalue weighted by atomic mass is 32.2. The van der Waals surface area contributed by atoms with Gasteiger partial charge in [0.1, 0.15) is 0 Å². The highest BCUT2D eigenvalue weighted by molar-refractivity contribution is 8.13. The van der Waals surface area contributed by atoms with Crippen molar-refractivity contribution in [1.82, 2.24) is 20.3 Å². The topological polar surface area (TPSA) is 55.1 Å². The van der Waals surface area contributed by atoms with E-state index >= 15 is 0 Å². The SMILES string of the molecule is CC1CN=C(NCCn2ccnn2)SC1. The van der Waals surface area contributed by atoms with Crippen LogP contribution in [0.4, 0.5) is 0 Å². The van der Waals surface area contributed by atoms with Crippen molar-refractivity contribution in [2.45, 2.75) is 13.5 Å². The molecule has 0 aliphatic carbocycles. The Morgan fingerprint density at radius 3 is 3.27 bits per heavy atom. The van der Waals surface area contributed by atoms with Crippen LogP contribution in [-0.2, 0) is 6.54 Å². The van der Waals surface area contributed by atoms with Gasteiger partial charge in [0.05, 0.1) is 12.7 Å². The Balaban J connectivity index is 1.70. The van der Waals surface area contributed by atoms with Gasteiger partial charge in [0.25, 0.3) is 0 Å². The average Bonchev–Trinajstić information content (AvgIpc) is 2.74. The normalized spacial score (nSPS) is 21.1. The van der Waals surface area contributed by atoms with Gasteiger partial charge in [-0.25, -0.2) is 0 Å². The van der Waals surface area contributed by atoms with Crippen LogP contribution in [0.15, 0.2) is 17.4 Å². The Morgan fingerprint density at radius 2 is 2.60 bits per heavy atom. The zero-order valence-electron chi connectivity index (χ0n) is 8.76. The van der Waals surface area contributed by atoms with Crippen LogP contribution in [-0.4, -0.2) is 39.0 Å². The molecule has 2 rings (SSSR count). The molecule has 1 aromatic heterocycles. The number of nitrogens with zero attached hydrogens (tertiary/aromatic N) is 4. The molecule has 2 heterocycles. The molecule has 1 N–H and O–H groups in total. The lowest BCUT2D eigenvalue weighted by Gasteiger charge is -2.17. The number of hydrogen-bond acceptors (Lipinski definition) is 5. The fourth-order valence-electron chi connectivity index (χ4n) is 1.29. The summed E-state index contributed by atoms with van der Waals surface area (Å²) in [5.41, 5.74) is 0. The molecule has 82 valence electrons. The number of amidine groups is 1. The molecule has 1 aliphatic heterocycles. The summed E-state index contributed by atoms with van der Waals surface area (Å²) in [6.07, 6.45) is 3.55. The monoisotopic (exact) mass is 225 g/mol. The largest absolute Gasteiger partial charge is 0.363 e. The number of nitrogens with one attached hydrogen (secondary N) is 1. The van der Waals surface area contributed by atoms with E-state index in [1.807, 2.05) is 10.9 Å². The highest BCUT2D eigenvalue weighted by Crippen LogP contribution is 2.15. The molecular weight excluding hydrogens is 210 g/mol. The van der Waals surface area contributed by atoms with Crippen molar-refractivity contribution in [3.05, 3.63) is 12.4 Å². The molecule has 1 atom stereocenters. The van der Waals surface area contributed by atoms with Crippen molar-refractivity contribution in [3.63, 3.8) is 0 Å². The van der Waals surface area contributed by atoms with Crippen LogP contribution in [0, 0.1) is 5.92 Å². The highest BCUT2D eigenvalue weighted by Gasteiger charge is 2.11. The molecule has 0 bridgehead atoms. The first kappa shape index (κ1) is 10.5. The number of rotatable bonds is 3. The minimum atomic E-state index is 0.705. The molecule has 6 heteroatoms. The molecule has 0 aromatic carbocycles. The zero-order valence-corrected chi connectivity index (χ0v) is 9.57. The Hall–Kier alpha value is -1.04. The molecule has 5 nitrogen and oxygen atoms in total. The van der Waals surface area contributed by atoms with Crippen LogP contribution in [0.5, 0.6) is 0 Å². The lowest BCUT2D eigenvalue weighted by atomic mass is 10.2. The molecule has 0 radical (unpaired) electrons. The van der Waals surface area contributed by atoms with Crippen molar-refractivity contribution in [2.24, 2.45) is 10.9 Å². The molecule has 15 heavy (non-hydrogen) atoms. The first-order chi connectivity index (χ1) is 7.34. The van der Waals surface area contributed by atoms with Gasteiger partial charge in [-0.1, -0.05) is 23.9 Å². The smallest absolute Gasteiger partial charge is 0.156 e. The summed E-state index contributed by atoms with van der Waals surface area (Å²) in [6.45, 7) is 4.85. The van der Waals surface area contributed by atoms with Crippen molar-refractivity contribution in [3.8, 4) is 0 Å². The van der Waals surface area contributed by atoms with Gasteiger partial charge < -0.3 is 5.32 Å². The maximum absolute atomic E-state index is 4.45. The molecule has 0 fully saturated rings. The number of thioether (sulfide) groups is 1. The number of aromatic nitrogens is 3. The van der Waals surface area contributed by atoms with Gasteiger partial charge in [-0.2, -0.15) is 0 Å². The van der Waals surface area contributed by atoms with E-state index < -0.39 is 0 Å². The lowest BCUT2D eigenvalue weighted by Crippen LogP contribution is -2.29. The summed E-state index contributed by atoms with van der Waals surface area (Å²) >= 11 is 1.80. The zero-order chi connectivity index (χ0) is 10.5. The minimum absolute atomic E-state index is 0.705. The standard InChI is InChI=1S/C9H15N5S/c1-8-6-11-9(15-7-8)10-2-4-14-5-3-12-13-14/h3,5,8H,2,4,6-7H2,1H3,(H,10,11). The van der Waals surface area contributed by atoms with Crippen molar-refractivity contribution in [2.75, 3.05) is 18.8 Å². The molecular formula is C9H15N5S. The maximum atomic E-state index is 4.45.